The summed E-state index contributed by atoms with van der Waals surface area (Å²) in [5.74, 6) is 1.44. The molecule has 0 spiro atoms. The van der Waals surface area contributed by atoms with Gasteiger partial charge in [0.15, 0.2) is 5.78 Å². The fraction of sp³-hybridized carbons (Fsp3) is 0.320. The number of hydrogen-bond donors (Lipinski definition) is 1. The molecule has 0 saturated carbocycles. The van der Waals surface area contributed by atoms with Crippen molar-refractivity contribution in [3.8, 4) is 17.2 Å². The molecular weight excluding hydrogens is 364 g/mol. The van der Waals surface area contributed by atoms with Crippen LogP contribution in [0.2, 0.25) is 0 Å². The van der Waals surface area contributed by atoms with Crippen LogP contribution in [0, 0.1) is 0 Å². The molecule has 1 atom stereocenters. The van der Waals surface area contributed by atoms with Gasteiger partial charge in [-0.25, -0.2) is 0 Å². The first kappa shape index (κ1) is 19.3. The molecule has 0 fully saturated rings. The number of aromatic hydroxyl groups is 1. The second kappa shape index (κ2) is 7.11. The molecule has 150 valence electrons. The van der Waals surface area contributed by atoms with Crippen LogP contribution in [0.1, 0.15) is 67.3 Å². The molecule has 4 heteroatoms. The number of Topliss-reactive ketones (excluding diaryl/α,β-unsaturated/α-hetero) is 1. The number of carbonyl (C=O) groups excluding carboxylic acids is 1. The number of ether oxygens (including phenoxy) is 2. The molecule has 0 saturated heterocycles. The summed E-state index contributed by atoms with van der Waals surface area (Å²) in [6.45, 7) is 8.04. The number of allylic oxidation sites excluding steroid dienone is 2. The van der Waals surface area contributed by atoms with Crippen LogP contribution in [-0.4, -0.2) is 16.5 Å². The number of rotatable bonds is 3. The summed E-state index contributed by atoms with van der Waals surface area (Å²) in [4.78, 5) is 12.8. The minimum Gasteiger partial charge on any atom is -0.508 e. The van der Waals surface area contributed by atoms with Gasteiger partial charge in [0.25, 0.3) is 0 Å². The topological polar surface area (TPSA) is 55.8 Å². The van der Waals surface area contributed by atoms with E-state index in [1.54, 1.807) is 12.1 Å². The molecule has 2 aliphatic rings. The van der Waals surface area contributed by atoms with Gasteiger partial charge in [0.2, 0.25) is 0 Å². The molecule has 2 aromatic rings. The minimum absolute atomic E-state index is 0.0281. The van der Waals surface area contributed by atoms with Gasteiger partial charge < -0.3 is 14.6 Å². The third kappa shape index (κ3) is 3.93. The Hall–Kier alpha value is -3.01. The van der Waals surface area contributed by atoms with Crippen molar-refractivity contribution in [1.82, 2.24) is 0 Å². The standard InChI is InChI=1S/C25H26O4/c1-15(2)5-6-16-12-19-21(27)14-23(28-24(19)13-20(16)26)17-7-8-22-18(11-17)9-10-25(3,4)29-22/h5,7-13,23,26H,6,14H2,1-4H3. The highest BCUT2D eigenvalue weighted by Gasteiger charge is 2.30. The predicted molar refractivity (Wildman–Crippen MR) is 114 cm³/mol. The molecule has 4 rings (SSSR count). The van der Waals surface area contributed by atoms with E-state index in [0.29, 0.717) is 17.7 Å². The number of phenols is 1. The molecule has 0 bridgehead atoms. The number of carbonyl (C=O) groups is 1. The van der Waals surface area contributed by atoms with E-state index >= 15 is 0 Å². The summed E-state index contributed by atoms with van der Waals surface area (Å²) in [6, 6.07) is 9.21. The summed E-state index contributed by atoms with van der Waals surface area (Å²) >= 11 is 0. The van der Waals surface area contributed by atoms with Crippen LogP contribution in [0.3, 0.4) is 0 Å². The third-order valence-corrected chi connectivity index (χ3v) is 5.29. The average molecular weight is 390 g/mol. The zero-order valence-electron chi connectivity index (χ0n) is 17.3. The molecule has 1 unspecified atom stereocenters. The number of fused-ring (bicyclic) bond motifs is 2. The van der Waals surface area contributed by atoms with Crippen molar-refractivity contribution in [2.75, 3.05) is 0 Å². The lowest BCUT2D eigenvalue weighted by atomic mass is 9.92. The van der Waals surface area contributed by atoms with E-state index in [9.17, 15) is 9.90 Å². The maximum Gasteiger partial charge on any atom is 0.170 e. The second-order valence-corrected chi connectivity index (χ2v) is 8.53. The molecule has 2 heterocycles. The summed E-state index contributed by atoms with van der Waals surface area (Å²) in [5.41, 5.74) is 4.01. The fourth-order valence-corrected chi connectivity index (χ4v) is 3.66. The van der Waals surface area contributed by atoms with Gasteiger partial charge in [-0.1, -0.05) is 23.8 Å². The zero-order chi connectivity index (χ0) is 20.8. The molecule has 0 aromatic heterocycles. The van der Waals surface area contributed by atoms with Gasteiger partial charge in [0.1, 0.15) is 29.0 Å². The lowest BCUT2D eigenvalue weighted by Crippen LogP contribution is -2.27. The van der Waals surface area contributed by atoms with Crippen molar-refractivity contribution >= 4 is 11.9 Å². The quantitative estimate of drug-likeness (QED) is 0.674. The van der Waals surface area contributed by atoms with Crippen LogP contribution in [0.4, 0.5) is 0 Å². The van der Waals surface area contributed by atoms with E-state index in [1.165, 1.54) is 5.57 Å². The fourth-order valence-electron chi connectivity index (χ4n) is 3.66. The monoisotopic (exact) mass is 390 g/mol. The molecule has 0 radical (unpaired) electrons. The summed E-state index contributed by atoms with van der Waals surface area (Å²) in [7, 11) is 0. The van der Waals surface area contributed by atoms with Gasteiger partial charge >= 0.3 is 0 Å². The van der Waals surface area contributed by atoms with Gasteiger partial charge in [-0.2, -0.15) is 0 Å². The highest BCUT2D eigenvalue weighted by Crippen LogP contribution is 2.40. The summed E-state index contributed by atoms with van der Waals surface area (Å²) < 4.78 is 12.1. The number of benzene rings is 2. The molecule has 2 aliphatic heterocycles. The van der Waals surface area contributed by atoms with Crippen molar-refractivity contribution in [2.45, 2.75) is 52.2 Å². The lowest BCUT2D eigenvalue weighted by molar-refractivity contribution is 0.0849. The predicted octanol–water partition coefficient (Wildman–Crippen LogP) is 5.79. The van der Waals surface area contributed by atoms with Crippen molar-refractivity contribution in [1.29, 1.82) is 0 Å². The Labute approximate surface area is 171 Å². The molecule has 1 N–H and O–H groups in total. The largest absolute Gasteiger partial charge is 0.508 e. The van der Waals surface area contributed by atoms with E-state index in [4.69, 9.17) is 9.47 Å². The second-order valence-electron chi connectivity index (χ2n) is 8.53. The first-order chi connectivity index (χ1) is 13.7. The van der Waals surface area contributed by atoms with E-state index in [2.05, 4.69) is 0 Å². The van der Waals surface area contributed by atoms with Gasteiger partial charge in [-0.05, 0) is 69.5 Å². The van der Waals surface area contributed by atoms with Crippen molar-refractivity contribution < 1.29 is 19.4 Å². The normalized spacial score (nSPS) is 18.9. The van der Waals surface area contributed by atoms with Crippen molar-refractivity contribution in [3.05, 3.63) is 70.3 Å². The Kier molecular flexibility index (Phi) is 4.73. The van der Waals surface area contributed by atoms with Crippen molar-refractivity contribution in [2.24, 2.45) is 0 Å². The highest BCUT2D eigenvalue weighted by atomic mass is 16.5. The SMILES string of the molecule is CC(C)=CCc1cc2c(cc1O)OC(c1ccc3c(c1)C=CC(C)(C)O3)CC2=O. The Morgan fingerprint density at radius 2 is 2.00 bits per heavy atom. The third-order valence-electron chi connectivity index (χ3n) is 5.29. The van der Waals surface area contributed by atoms with E-state index in [0.717, 1.165) is 22.4 Å². The Bertz CT molecular complexity index is 1040. The minimum atomic E-state index is -0.383. The van der Waals surface area contributed by atoms with Crippen LogP contribution >= 0.6 is 0 Å². The van der Waals surface area contributed by atoms with Gasteiger partial charge in [0.05, 0.1) is 12.0 Å². The highest BCUT2D eigenvalue weighted by molar-refractivity contribution is 6.00. The average Bonchev–Trinajstić information content (AvgIpc) is 2.65. The molecule has 29 heavy (non-hydrogen) atoms. The van der Waals surface area contributed by atoms with Gasteiger partial charge in [-0.15, -0.1) is 0 Å². The molecule has 4 nitrogen and oxygen atoms in total. The maximum absolute atomic E-state index is 12.8. The Morgan fingerprint density at radius 1 is 1.21 bits per heavy atom. The first-order valence-electron chi connectivity index (χ1n) is 9.93. The Balaban J connectivity index is 1.62. The van der Waals surface area contributed by atoms with Crippen LogP contribution in [0.25, 0.3) is 6.08 Å². The number of ketones is 1. The number of phenolic OH excluding ortho intramolecular Hbond substituents is 1. The van der Waals surface area contributed by atoms with Gasteiger partial charge in [0, 0.05) is 11.6 Å². The Morgan fingerprint density at radius 3 is 2.76 bits per heavy atom. The maximum atomic E-state index is 12.8. The number of hydrogen-bond acceptors (Lipinski definition) is 4. The van der Waals surface area contributed by atoms with Crippen LogP contribution in [0.15, 0.2) is 48.1 Å². The zero-order valence-corrected chi connectivity index (χ0v) is 17.3. The molecular formula is C25H26O4. The summed E-state index contributed by atoms with van der Waals surface area (Å²) in [5, 5.41) is 10.4. The van der Waals surface area contributed by atoms with E-state index < -0.39 is 0 Å². The molecule has 0 aliphatic carbocycles. The van der Waals surface area contributed by atoms with E-state index in [1.807, 2.05) is 64.1 Å². The summed E-state index contributed by atoms with van der Waals surface area (Å²) in [6.07, 6.45) is 6.57. The van der Waals surface area contributed by atoms with Crippen LogP contribution < -0.4 is 9.47 Å². The van der Waals surface area contributed by atoms with Gasteiger partial charge in [-0.3, -0.25) is 4.79 Å². The van der Waals surface area contributed by atoms with E-state index in [-0.39, 0.29) is 29.7 Å². The lowest BCUT2D eigenvalue weighted by Gasteiger charge is -2.30. The van der Waals surface area contributed by atoms with Crippen molar-refractivity contribution in [3.63, 3.8) is 0 Å². The van der Waals surface area contributed by atoms with Crippen LogP contribution in [0.5, 0.6) is 17.2 Å². The molecule has 2 aromatic carbocycles. The first-order valence-corrected chi connectivity index (χ1v) is 9.93. The smallest absolute Gasteiger partial charge is 0.170 e. The molecule has 0 amide bonds. The van der Waals surface area contributed by atoms with Crippen LogP contribution in [-0.2, 0) is 6.42 Å².